The predicted molar refractivity (Wildman–Crippen MR) is 69.5 cm³/mol. The summed E-state index contributed by atoms with van der Waals surface area (Å²) in [4.78, 5) is 18.3. The van der Waals surface area contributed by atoms with E-state index in [1.807, 2.05) is 0 Å². The lowest BCUT2D eigenvalue weighted by atomic mass is 10.1. The van der Waals surface area contributed by atoms with Gasteiger partial charge in [-0.1, -0.05) is 12.1 Å². The maximum Gasteiger partial charge on any atom is 0.371 e. The van der Waals surface area contributed by atoms with Crippen molar-refractivity contribution < 1.29 is 19.4 Å². The van der Waals surface area contributed by atoms with Gasteiger partial charge in [-0.05, 0) is 23.3 Å². The summed E-state index contributed by atoms with van der Waals surface area (Å²) in [5.74, 6) is -2.46. The number of rotatable bonds is 4. The topological polar surface area (TPSA) is 83.3 Å². The zero-order valence-corrected chi connectivity index (χ0v) is 10.3. The van der Waals surface area contributed by atoms with Crippen LogP contribution in [-0.2, 0) is 11.2 Å². The third-order valence-electron chi connectivity index (χ3n) is 2.53. The molecule has 20 heavy (non-hydrogen) atoms. The van der Waals surface area contributed by atoms with Gasteiger partial charge in [0.15, 0.2) is 5.82 Å². The number of hydrogen-bond acceptors (Lipinski definition) is 4. The second kappa shape index (κ2) is 5.92. The molecule has 0 fully saturated rings. The van der Waals surface area contributed by atoms with Crippen LogP contribution in [-0.4, -0.2) is 26.2 Å². The van der Waals surface area contributed by atoms with E-state index >= 15 is 0 Å². The Morgan fingerprint density at radius 2 is 1.70 bits per heavy atom. The molecule has 0 bridgehead atoms. The maximum atomic E-state index is 12.8. The lowest BCUT2D eigenvalue weighted by Crippen LogP contribution is -2.00. The number of hydrogen-bond donors (Lipinski definition) is 2. The van der Waals surface area contributed by atoms with Gasteiger partial charge >= 0.3 is 5.97 Å². The van der Waals surface area contributed by atoms with Crippen molar-refractivity contribution in [2.24, 2.45) is 0 Å². The minimum absolute atomic E-state index is 0.104. The molecule has 0 amide bonds. The molecule has 0 aliphatic rings. The van der Waals surface area contributed by atoms with Gasteiger partial charge in [-0.15, -0.1) is 0 Å². The monoisotopic (exact) mass is 274 g/mol. The van der Waals surface area contributed by atoms with Crippen LogP contribution in [0.3, 0.4) is 0 Å². The second-order valence-corrected chi connectivity index (χ2v) is 4.09. The molecule has 2 rings (SSSR count). The Kier molecular flexibility index (Phi) is 4.05. The Morgan fingerprint density at radius 1 is 1.10 bits per heavy atom. The Labute approximate surface area is 114 Å². The third-order valence-corrected chi connectivity index (χ3v) is 2.53. The number of aromatic nitrogens is 2. The number of nitrogens with zero attached hydrogens (tertiary/aromatic N) is 2. The molecule has 0 saturated carbocycles. The predicted octanol–water partition coefficient (Wildman–Crippen LogP) is 2.19. The van der Waals surface area contributed by atoms with Gasteiger partial charge in [0.2, 0.25) is 5.76 Å². The van der Waals surface area contributed by atoms with Crippen molar-refractivity contribution in [2.75, 3.05) is 0 Å². The van der Waals surface area contributed by atoms with Crippen LogP contribution in [0.1, 0.15) is 17.0 Å². The number of carboxylic acid groups (broad SMARTS) is 1. The van der Waals surface area contributed by atoms with Gasteiger partial charge in [0.25, 0.3) is 0 Å². The fourth-order valence-electron chi connectivity index (χ4n) is 1.55. The summed E-state index contributed by atoms with van der Waals surface area (Å²) in [5, 5.41) is 17.6. The Bertz CT molecular complexity index is 636. The number of aliphatic hydroxyl groups excluding tert-OH is 1. The second-order valence-electron chi connectivity index (χ2n) is 4.09. The molecule has 2 N–H and O–H groups in total. The molecule has 0 unspecified atom stereocenters. The average Bonchev–Trinajstić information content (AvgIpc) is 2.43. The molecule has 0 aliphatic carbocycles. The largest absolute Gasteiger partial charge is 0.502 e. The van der Waals surface area contributed by atoms with Crippen LogP contribution in [0, 0.1) is 5.82 Å². The molecule has 0 saturated heterocycles. The highest BCUT2D eigenvalue weighted by molar-refractivity contribution is 5.88. The molecule has 0 aliphatic heterocycles. The van der Waals surface area contributed by atoms with Gasteiger partial charge < -0.3 is 10.2 Å². The molecular formula is C14H11FN2O3. The fourth-order valence-corrected chi connectivity index (χ4v) is 1.55. The molecule has 102 valence electrons. The average molecular weight is 274 g/mol. The molecular weight excluding hydrogens is 263 g/mol. The minimum atomic E-state index is -1.44. The number of carboxylic acids is 1. The van der Waals surface area contributed by atoms with E-state index < -0.39 is 11.7 Å². The number of benzene rings is 1. The summed E-state index contributed by atoms with van der Waals surface area (Å²) in [5.41, 5.74) is 1.70. The Morgan fingerprint density at radius 3 is 2.25 bits per heavy atom. The fraction of sp³-hybridized carbons (Fsp3) is 0.0714. The summed E-state index contributed by atoms with van der Waals surface area (Å²) in [6, 6.07) is 6.08. The SMILES string of the molecule is O=C(O)/C(O)=C/c1ncc(Cc2ccc(F)cc2)cn1. The van der Waals surface area contributed by atoms with Gasteiger partial charge in [-0.2, -0.15) is 0 Å². The van der Waals surface area contributed by atoms with Crippen molar-refractivity contribution >= 4 is 12.0 Å². The summed E-state index contributed by atoms with van der Waals surface area (Å²) in [7, 11) is 0. The smallest absolute Gasteiger partial charge is 0.371 e. The highest BCUT2D eigenvalue weighted by Crippen LogP contribution is 2.09. The molecule has 1 heterocycles. The van der Waals surface area contributed by atoms with Crippen LogP contribution in [0.2, 0.25) is 0 Å². The van der Waals surface area contributed by atoms with Gasteiger partial charge in [0.05, 0.1) is 0 Å². The molecule has 5 nitrogen and oxygen atoms in total. The Hall–Kier alpha value is -2.76. The van der Waals surface area contributed by atoms with E-state index in [1.54, 1.807) is 12.1 Å². The summed E-state index contributed by atoms with van der Waals surface area (Å²) >= 11 is 0. The van der Waals surface area contributed by atoms with Crippen molar-refractivity contribution in [3.8, 4) is 0 Å². The summed E-state index contributed by atoms with van der Waals surface area (Å²) in [6.07, 6.45) is 4.55. The first kappa shape index (κ1) is 13.7. The van der Waals surface area contributed by atoms with E-state index in [0.717, 1.165) is 17.2 Å². The number of aliphatic carboxylic acids is 1. The van der Waals surface area contributed by atoms with Crippen molar-refractivity contribution in [2.45, 2.75) is 6.42 Å². The van der Waals surface area contributed by atoms with Crippen LogP contribution >= 0.6 is 0 Å². The van der Waals surface area contributed by atoms with Crippen molar-refractivity contribution in [3.63, 3.8) is 0 Å². The molecule has 0 atom stereocenters. The molecule has 6 heteroatoms. The molecule has 0 spiro atoms. The summed E-state index contributed by atoms with van der Waals surface area (Å²) < 4.78 is 12.8. The van der Waals surface area contributed by atoms with E-state index in [1.165, 1.54) is 24.5 Å². The van der Waals surface area contributed by atoms with E-state index in [4.69, 9.17) is 10.2 Å². The molecule has 1 aromatic carbocycles. The first-order valence-electron chi connectivity index (χ1n) is 5.74. The zero-order chi connectivity index (χ0) is 14.5. The van der Waals surface area contributed by atoms with Crippen LogP contribution in [0.25, 0.3) is 6.08 Å². The van der Waals surface area contributed by atoms with Gasteiger partial charge in [-0.25, -0.2) is 19.2 Å². The highest BCUT2D eigenvalue weighted by Gasteiger charge is 2.05. The van der Waals surface area contributed by atoms with Crippen molar-refractivity contribution in [3.05, 3.63) is 65.2 Å². The zero-order valence-electron chi connectivity index (χ0n) is 10.3. The van der Waals surface area contributed by atoms with Gasteiger partial charge in [-0.3, -0.25) is 0 Å². The summed E-state index contributed by atoms with van der Waals surface area (Å²) in [6.45, 7) is 0. The van der Waals surface area contributed by atoms with Gasteiger partial charge in [0, 0.05) is 24.9 Å². The quantitative estimate of drug-likeness (QED) is 0.659. The van der Waals surface area contributed by atoms with Gasteiger partial charge in [0.1, 0.15) is 5.82 Å². The molecule has 2 aromatic rings. The number of aliphatic hydroxyl groups is 1. The number of halogens is 1. The number of carbonyl (C=O) groups is 1. The maximum absolute atomic E-state index is 12.8. The lowest BCUT2D eigenvalue weighted by Gasteiger charge is -2.01. The molecule has 1 aromatic heterocycles. The van der Waals surface area contributed by atoms with E-state index in [2.05, 4.69) is 9.97 Å². The standard InChI is InChI=1S/C14H11FN2O3/c15-11-3-1-9(2-4-11)5-10-7-16-13(17-8-10)6-12(18)14(19)20/h1-4,6-8,18H,5H2,(H,19,20)/b12-6-. The van der Waals surface area contributed by atoms with E-state index in [9.17, 15) is 9.18 Å². The lowest BCUT2D eigenvalue weighted by molar-refractivity contribution is -0.135. The van der Waals surface area contributed by atoms with Crippen LogP contribution < -0.4 is 0 Å². The van der Waals surface area contributed by atoms with Crippen molar-refractivity contribution in [1.82, 2.24) is 9.97 Å². The first-order valence-corrected chi connectivity index (χ1v) is 5.74. The van der Waals surface area contributed by atoms with E-state index in [-0.39, 0.29) is 11.6 Å². The van der Waals surface area contributed by atoms with Crippen molar-refractivity contribution in [1.29, 1.82) is 0 Å². The van der Waals surface area contributed by atoms with Crippen LogP contribution in [0.4, 0.5) is 4.39 Å². The normalized spacial score (nSPS) is 11.3. The third kappa shape index (κ3) is 3.61. The van der Waals surface area contributed by atoms with Crippen LogP contribution in [0.5, 0.6) is 0 Å². The first-order chi connectivity index (χ1) is 9.54. The minimum Gasteiger partial charge on any atom is -0.502 e. The highest BCUT2D eigenvalue weighted by atomic mass is 19.1. The van der Waals surface area contributed by atoms with Crippen LogP contribution in [0.15, 0.2) is 42.4 Å². The Balaban J connectivity index is 2.10. The van der Waals surface area contributed by atoms with E-state index in [0.29, 0.717) is 6.42 Å². The molecule has 0 radical (unpaired) electrons.